The lowest BCUT2D eigenvalue weighted by atomic mass is 10.1. The lowest BCUT2D eigenvalue weighted by molar-refractivity contribution is 0.0605. The Morgan fingerprint density at radius 3 is 2.62 bits per heavy atom. The van der Waals surface area contributed by atoms with Gasteiger partial charge in [-0.2, -0.15) is 0 Å². The largest absolute Gasteiger partial charge is 0.465 e. The molecular formula is C17H17NO5S. The number of fused-ring (bicyclic) bond motifs is 3. The molecular weight excluding hydrogens is 330 g/mol. The van der Waals surface area contributed by atoms with Gasteiger partial charge >= 0.3 is 5.97 Å². The van der Waals surface area contributed by atoms with Crippen molar-refractivity contribution in [3.63, 3.8) is 0 Å². The van der Waals surface area contributed by atoms with E-state index in [1.807, 2.05) is 12.1 Å². The Labute approximate surface area is 139 Å². The van der Waals surface area contributed by atoms with Gasteiger partial charge in [0.1, 0.15) is 0 Å². The second-order valence-corrected chi connectivity index (χ2v) is 7.42. The van der Waals surface area contributed by atoms with Gasteiger partial charge in [0.05, 0.1) is 41.0 Å². The monoisotopic (exact) mass is 347 g/mol. The number of pyridine rings is 1. The molecule has 24 heavy (non-hydrogen) atoms. The molecule has 2 aromatic heterocycles. The number of hydrogen-bond acceptors (Lipinski definition) is 5. The van der Waals surface area contributed by atoms with E-state index in [-0.39, 0.29) is 17.3 Å². The van der Waals surface area contributed by atoms with Crippen LogP contribution in [0.3, 0.4) is 0 Å². The van der Waals surface area contributed by atoms with Gasteiger partial charge in [0, 0.05) is 18.7 Å². The van der Waals surface area contributed by atoms with E-state index in [9.17, 15) is 13.2 Å². The fourth-order valence-electron chi connectivity index (χ4n) is 2.74. The Bertz CT molecular complexity index is 1020. The number of benzene rings is 1. The van der Waals surface area contributed by atoms with E-state index in [1.54, 1.807) is 28.8 Å². The number of ether oxygens (including phenoxy) is 2. The van der Waals surface area contributed by atoms with Crippen LogP contribution in [0.4, 0.5) is 0 Å². The van der Waals surface area contributed by atoms with Crippen LogP contribution in [0.5, 0.6) is 0 Å². The minimum atomic E-state index is -3.45. The minimum absolute atomic E-state index is 0.0951. The SMILES string of the molecule is COCCS(=O)(=O)c1ccc2c(C(=O)OC)c3ccccn3c2c1. The molecule has 0 N–H and O–H groups in total. The van der Waals surface area contributed by atoms with Gasteiger partial charge in [0.25, 0.3) is 0 Å². The van der Waals surface area contributed by atoms with Crippen LogP contribution in [0.25, 0.3) is 16.4 Å². The number of rotatable bonds is 5. The summed E-state index contributed by atoms with van der Waals surface area (Å²) in [5.41, 5.74) is 1.74. The van der Waals surface area contributed by atoms with Crippen molar-refractivity contribution in [1.82, 2.24) is 4.40 Å². The standard InChI is InChI=1S/C17H17NO5S/c1-22-9-10-24(20,21)12-6-7-13-15(11-12)18-8-4-3-5-14(18)16(13)17(19)23-2/h3-8,11H,9-10H2,1-2H3. The molecule has 0 radical (unpaired) electrons. The van der Waals surface area contributed by atoms with Crippen molar-refractivity contribution < 1.29 is 22.7 Å². The highest BCUT2D eigenvalue weighted by molar-refractivity contribution is 7.91. The Balaban J connectivity index is 2.28. The molecule has 0 aliphatic heterocycles. The first-order valence-corrected chi connectivity index (χ1v) is 8.97. The van der Waals surface area contributed by atoms with Gasteiger partial charge < -0.3 is 13.9 Å². The summed E-state index contributed by atoms with van der Waals surface area (Å²) in [4.78, 5) is 12.4. The van der Waals surface area contributed by atoms with Gasteiger partial charge in [-0.25, -0.2) is 13.2 Å². The van der Waals surface area contributed by atoms with Gasteiger partial charge in [0.15, 0.2) is 9.84 Å². The molecule has 3 aromatic rings. The normalized spacial score (nSPS) is 11.9. The first-order chi connectivity index (χ1) is 11.5. The number of nitrogens with zero attached hydrogens (tertiary/aromatic N) is 1. The van der Waals surface area contributed by atoms with Crippen molar-refractivity contribution in [2.75, 3.05) is 26.6 Å². The number of carbonyl (C=O) groups is 1. The number of esters is 1. The van der Waals surface area contributed by atoms with Crippen LogP contribution in [-0.2, 0) is 19.3 Å². The molecule has 0 atom stereocenters. The van der Waals surface area contributed by atoms with Crippen molar-refractivity contribution >= 4 is 32.2 Å². The van der Waals surface area contributed by atoms with Crippen molar-refractivity contribution in [3.8, 4) is 0 Å². The number of sulfone groups is 1. The van der Waals surface area contributed by atoms with Crippen LogP contribution in [0.1, 0.15) is 10.4 Å². The minimum Gasteiger partial charge on any atom is -0.465 e. The molecule has 0 bridgehead atoms. The lowest BCUT2D eigenvalue weighted by Crippen LogP contribution is -2.11. The summed E-state index contributed by atoms with van der Waals surface area (Å²) >= 11 is 0. The molecule has 0 saturated heterocycles. The van der Waals surface area contributed by atoms with Crippen LogP contribution in [0.15, 0.2) is 47.5 Å². The fourth-order valence-corrected chi connectivity index (χ4v) is 3.93. The third kappa shape index (κ3) is 2.65. The van der Waals surface area contributed by atoms with E-state index in [4.69, 9.17) is 9.47 Å². The number of methoxy groups -OCH3 is 2. The maximum Gasteiger partial charge on any atom is 0.340 e. The third-order valence-corrected chi connectivity index (χ3v) is 5.60. The lowest BCUT2D eigenvalue weighted by Gasteiger charge is -2.05. The second kappa shape index (κ2) is 6.26. The zero-order valence-electron chi connectivity index (χ0n) is 13.4. The molecule has 0 aliphatic carbocycles. The van der Waals surface area contributed by atoms with Crippen molar-refractivity contribution in [2.45, 2.75) is 4.90 Å². The van der Waals surface area contributed by atoms with Gasteiger partial charge in [-0.1, -0.05) is 12.1 Å². The summed E-state index contributed by atoms with van der Waals surface area (Å²) in [6.45, 7) is 0.128. The van der Waals surface area contributed by atoms with Gasteiger partial charge in [-0.15, -0.1) is 0 Å². The molecule has 0 amide bonds. The predicted octanol–water partition coefficient (Wildman–Crippen LogP) is 2.30. The van der Waals surface area contributed by atoms with Crippen LogP contribution in [-0.4, -0.2) is 45.4 Å². The summed E-state index contributed by atoms with van der Waals surface area (Å²) in [5.74, 6) is -0.550. The smallest absolute Gasteiger partial charge is 0.340 e. The molecule has 0 spiro atoms. The summed E-state index contributed by atoms with van der Waals surface area (Å²) in [7, 11) is -0.670. The van der Waals surface area contributed by atoms with E-state index >= 15 is 0 Å². The number of hydrogen-bond donors (Lipinski definition) is 0. The summed E-state index contributed by atoms with van der Waals surface area (Å²) in [6, 6.07) is 10.2. The highest BCUT2D eigenvalue weighted by Crippen LogP contribution is 2.29. The average Bonchev–Trinajstić information content (AvgIpc) is 2.93. The Morgan fingerprint density at radius 1 is 1.12 bits per heavy atom. The molecule has 2 heterocycles. The van der Waals surface area contributed by atoms with Gasteiger partial charge in [0.2, 0.25) is 0 Å². The Hall–Kier alpha value is -2.38. The van der Waals surface area contributed by atoms with Crippen LogP contribution in [0, 0.1) is 0 Å². The molecule has 0 saturated carbocycles. The average molecular weight is 347 g/mol. The zero-order valence-corrected chi connectivity index (χ0v) is 14.2. The van der Waals surface area contributed by atoms with Crippen molar-refractivity contribution in [3.05, 3.63) is 48.2 Å². The summed E-state index contributed by atoms with van der Waals surface area (Å²) in [5, 5.41) is 0.652. The second-order valence-electron chi connectivity index (χ2n) is 5.31. The molecule has 3 rings (SSSR count). The van der Waals surface area contributed by atoms with E-state index in [0.29, 0.717) is 22.0 Å². The first-order valence-electron chi connectivity index (χ1n) is 7.32. The Kier molecular flexibility index (Phi) is 4.29. The highest BCUT2D eigenvalue weighted by atomic mass is 32.2. The molecule has 7 heteroatoms. The highest BCUT2D eigenvalue weighted by Gasteiger charge is 2.21. The predicted molar refractivity (Wildman–Crippen MR) is 90.2 cm³/mol. The first kappa shape index (κ1) is 16.5. The van der Waals surface area contributed by atoms with E-state index < -0.39 is 15.8 Å². The van der Waals surface area contributed by atoms with E-state index in [1.165, 1.54) is 20.3 Å². The van der Waals surface area contributed by atoms with Gasteiger partial charge in [-0.3, -0.25) is 0 Å². The molecule has 0 aliphatic rings. The maximum absolute atomic E-state index is 12.4. The number of carbonyl (C=O) groups excluding carboxylic acids is 1. The fraction of sp³-hybridized carbons (Fsp3) is 0.235. The number of aromatic nitrogens is 1. The quantitative estimate of drug-likeness (QED) is 0.662. The molecule has 0 unspecified atom stereocenters. The molecule has 6 nitrogen and oxygen atoms in total. The van der Waals surface area contributed by atoms with Crippen LogP contribution in [0.2, 0.25) is 0 Å². The third-order valence-electron chi connectivity index (χ3n) is 3.92. The van der Waals surface area contributed by atoms with E-state index in [0.717, 1.165) is 0 Å². The molecule has 0 fully saturated rings. The van der Waals surface area contributed by atoms with Gasteiger partial charge in [-0.05, 0) is 24.3 Å². The topological polar surface area (TPSA) is 74.1 Å². The van der Waals surface area contributed by atoms with Crippen LogP contribution >= 0.6 is 0 Å². The summed E-state index contributed by atoms with van der Waals surface area (Å²) in [6.07, 6.45) is 1.79. The van der Waals surface area contributed by atoms with E-state index in [2.05, 4.69) is 0 Å². The van der Waals surface area contributed by atoms with Crippen molar-refractivity contribution in [1.29, 1.82) is 0 Å². The molecule has 126 valence electrons. The maximum atomic E-state index is 12.4. The summed E-state index contributed by atoms with van der Waals surface area (Å²) < 4.78 is 36.3. The van der Waals surface area contributed by atoms with Crippen LogP contribution < -0.4 is 0 Å². The molecule has 1 aromatic carbocycles. The Morgan fingerprint density at radius 2 is 1.92 bits per heavy atom. The zero-order chi connectivity index (χ0) is 17.3. The van der Waals surface area contributed by atoms with Crippen molar-refractivity contribution in [2.24, 2.45) is 0 Å².